The minimum atomic E-state index is -0.403. The van der Waals surface area contributed by atoms with E-state index in [0.29, 0.717) is 25.8 Å². The van der Waals surface area contributed by atoms with Crippen LogP contribution in [0.2, 0.25) is 10.0 Å². The molecule has 118 valence electrons. The Labute approximate surface area is 152 Å². The molecule has 23 heavy (non-hydrogen) atoms. The van der Waals surface area contributed by atoms with E-state index in [2.05, 4.69) is 21.2 Å². The zero-order valence-corrected chi connectivity index (χ0v) is 15.2. The third kappa shape index (κ3) is 4.67. The predicted octanol–water partition coefficient (Wildman–Crippen LogP) is 5.05. The average molecular weight is 413 g/mol. The summed E-state index contributed by atoms with van der Waals surface area (Å²) in [6.07, 6.45) is 2.89. The molecule has 0 aromatic heterocycles. The van der Waals surface area contributed by atoms with Crippen LogP contribution in [0.4, 0.5) is 5.69 Å². The maximum Gasteiger partial charge on any atom is 0.212 e. The van der Waals surface area contributed by atoms with Gasteiger partial charge in [-0.05, 0) is 48.0 Å². The van der Waals surface area contributed by atoms with E-state index < -0.39 is 5.78 Å². The highest BCUT2D eigenvalue weighted by Gasteiger charge is 2.10. The first-order valence-electron chi connectivity index (χ1n) is 6.61. The summed E-state index contributed by atoms with van der Waals surface area (Å²) in [5.41, 5.74) is 0.724. The molecule has 1 N–H and O–H groups in total. The summed E-state index contributed by atoms with van der Waals surface area (Å²) in [7, 11) is 1.63. The van der Waals surface area contributed by atoms with Gasteiger partial charge in [-0.1, -0.05) is 45.2 Å². The Morgan fingerprint density at radius 2 is 1.78 bits per heavy atom. The van der Waals surface area contributed by atoms with Gasteiger partial charge in [-0.15, -0.1) is 0 Å². The lowest BCUT2D eigenvalue weighted by molar-refractivity contribution is 0.104. The van der Waals surface area contributed by atoms with E-state index in [1.807, 2.05) is 0 Å². The minimum Gasteiger partial charge on any atom is -0.385 e. The molecule has 0 unspecified atom stereocenters. The maximum absolute atomic E-state index is 12.4. The number of hydrogen-bond acceptors (Lipinski definition) is 3. The molecule has 0 atom stereocenters. The molecule has 6 heteroatoms. The van der Waals surface area contributed by atoms with Crippen molar-refractivity contribution in [3.05, 3.63) is 78.3 Å². The Morgan fingerprint density at radius 3 is 2.39 bits per heavy atom. The Balaban J connectivity index is 2.42. The first-order chi connectivity index (χ1) is 10.9. The van der Waals surface area contributed by atoms with Crippen LogP contribution in [0.15, 0.2) is 51.7 Å². The summed E-state index contributed by atoms with van der Waals surface area (Å²) in [5.74, 6) is -0.403. The largest absolute Gasteiger partial charge is 0.385 e. The van der Waals surface area contributed by atoms with Gasteiger partial charge in [0.1, 0.15) is 0 Å². The summed E-state index contributed by atoms with van der Waals surface area (Å²) in [4.78, 5) is 24.7. The molecule has 0 fully saturated rings. The third-order valence-electron chi connectivity index (χ3n) is 3.03. The van der Waals surface area contributed by atoms with E-state index in [1.165, 1.54) is 12.1 Å². The summed E-state index contributed by atoms with van der Waals surface area (Å²) < 4.78 is 0.638. The highest BCUT2D eigenvalue weighted by Crippen LogP contribution is 2.20. The van der Waals surface area contributed by atoms with Crippen molar-refractivity contribution < 1.29 is 4.79 Å². The second-order valence-electron chi connectivity index (χ2n) is 4.67. The summed E-state index contributed by atoms with van der Waals surface area (Å²) >= 11 is 15.1. The fourth-order valence-electron chi connectivity index (χ4n) is 1.95. The number of anilines is 1. The Morgan fingerprint density at radius 1 is 1.13 bits per heavy atom. The van der Waals surface area contributed by atoms with Gasteiger partial charge in [-0.2, -0.15) is 0 Å². The highest BCUT2D eigenvalue weighted by atomic mass is 79.9. The molecular formula is C17H12BrCl2NO2. The molecule has 2 rings (SSSR count). The number of rotatable bonds is 4. The smallest absolute Gasteiger partial charge is 0.212 e. The molecule has 0 saturated carbocycles. The van der Waals surface area contributed by atoms with E-state index in [4.69, 9.17) is 23.2 Å². The summed E-state index contributed by atoms with van der Waals surface area (Å²) in [5, 5.41) is 3.73. The normalized spacial score (nSPS) is 10.8. The molecule has 0 spiro atoms. The number of ketones is 1. The molecule has 0 aliphatic heterocycles. The second kappa shape index (κ2) is 7.77. The quantitative estimate of drug-likeness (QED) is 0.564. The van der Waals surface area contributed by atoms with Crippen LogP contribution in [-0.2, 0) is 0 Å². The van der Waals surface area contributed by atoms with Crippen LogP contribution in [-0.4, -0.2) is 12.8 Å². The number of benzene rings is 1. The van der Waals surface area contributed by atoms with Gasteiger partial charge in [0, 0.05) is 21.6 Å². The standard InChI is InChI=1S/C17H12BrCl2NO2/c1-21-15-4-3-11(18)8-14(17(15)23)16(22)5-2-10-6-12(19)9-13(20)7-10/h2-9H,1H3,(H,21,23)/b5-2-. The van der Waals surface area contributed by atoms with Crippen molar-refractivity contribution in [3.8, 4) is 0 Å². The van der Waals surface area contributed by atoms with Crippen LogP contribution < -0.4 is 10.7 Å². The number of halogens is 3. The van der Waals surface area contributed by atoms with E-state index in [0.717, 1.165) is 0 Å². The van der Waals surface area contributed by atoms with E-state index in [9.17, 15) is 9.59 Å². The predicted molar refractivity (Wildman–Crippen MR) is 99.8 cm³/mol. The molecule has 3 nitrogen and oxygen atoms in total. The lowest BCUT2D eigenvalue weighted by Crippen LogP contribution is -2.14. The molecule has 0 saturated heterocycles. The molecular weight excluding hydrogens is 401 g/mol. The van der Waals surface area contributed by atoms with Gasteiger partial charge in [-0.25, -0.2) is 0 Å². The van der Waals surface area contributed by atoms with E-state index in [1.54, 1.807) is 43.5 Å². The fourth-order valence-corrected chi connectivity index (χ4v) is 2.85. The molecule has 0 heterocycles. The first kappa shape index (κ1) is 17.7. The van der Waals surface area contributed by atoms with Crippen LogP contribution in [0.5, 0.6) is 0 Å². The molecule has 0 bridgehead atoms. The number of carbonyl (C=O) groups is 1. The molecule has 2 aromatic rings. The third-order valence-corrected chi connectivity index (χ3v) is 3.96. The lowest BCUT2D eigenvalue weighted by Gasteiger charge is -1.98. The van der Waals surface area contributed by atoms with Gasteiger partial charge >= 0.3 is 0 Å². The van der Waals surface area contributed by atoms with Crippen LogP contribution >= 0.6 is 39.1 Å². The molecule has 0 amide bonds. The SMILES string of the molecule is CNc1ccc(Br)cc(C(=O)/C=C\c2cc(Cl)cc(Cl)c2)c1=O. The van der Waals surface area contributed by atoms with E-state index in [-0.39, 0.29) is 11.0 Å². The minimum absolute atomic E-state index is 0.0654. The van der Waals surface area contributed by atoms with E-state index >= 15 is 0 Å². The Hall–Kier alpha value is -1.62. The molecule has 0 aliphatic rings. The average Bonchev–Trinajstić information content (AvgIpc) is 2.63. The molecule has 2 aromatic carbocycles. The number of allylic oxidation sites excluding steroid dienone is 1. The zero-order chi connectivity index (χ0) is 17.0. The highest BCUT2D eigenvalue weighted by molar-refractivity contribution is 9.10. The van der Waals surface area contributed by atoms with Gasteiger partial charge in [0.25, 0.3) is 0 Å². The zero-order valence-electron chi connectivity index (χ0n) is 12.1. The molecule has 0 radical (unpaired) electrons. The number of carbonyl (C=O) groups excluding carboxylic acids is 1. The summed E-state index contributed by atoms with van der Waals surface area (Å²) in [6.45, 7) is 0. The number of hydrogen-bond donors (Lipinski definition) is 1. The van der Waals surface area contributed by atoms with Gasteiger partial charge < -0.3 is 5.32 Å². The second-order valence-corrected chi connectivity index (χ2v) is 6.46. The summed E-state index contributed by atoms with van der Waals surface area (Å²) in [6, 6.07) is 9.77. The van der Waals surface area contributed by atoms with Crippen molar-refractivity contribution in [2.45, 2.75) is 0 Å². The monoisotopic (exact) mass is 411 g/mol. The fraction of sp³-hybridized carbons (Fsp3) is 0.0588. The molecule has 0 aliphatic carbocycles. The van der Waals surface area contributed by atoms with Gasteiger partial charge in [0.2, 0.25) is 5.43 Å². The topological polar surface area (TPSA) is 46.2 Å². The Kier molecular flexibility index (Phi) is 5.99. The number of nitrogens with one attached hydrogen (secondary N) is 1. The van der Waals surface area contributed by atoms with Crippen LogP contribution in [0.25, 0.3) is 6.08 Å². The van der Waals surface area contributed by atoms with Crippen molar-refractivity contribution in [1.29, 1.82) is 0 Å². The van der Waals surface area contributed by atoms with Crippen LogP contribution in [0.3, 0.4) is 0 Å². The van der Waals surface area contributed by atoms with Crippen molar-refractivity contribution in [3.63, 3.8) is 0 Å². The van der Waals surface area contributed by atoms with Gasteiger partial charge in [-0.3, -0.25) is 9.59 Å². The van der Waals surface area contributed by atoms with Gasteiger partial charge in [0.15, 0.2) is 5.78 Å². The van der Waals surface area contributed by atoms with Crippen LogP contribution in [0, 0.1) is 0 Å². The lowest BCUT2D eigenvalue weighted by atomic mass is 10.1. The van der Waals surface area contributed by atoms with Crippen molar-refractivity contribution in [2.24, 2.45) is 0 Å². The van der Waals surface area contributed by atoms with Gasteiger partial charge in [0.05, 0.1) is 11.3 Å². The Bertz CT molecular complexity index is 830. The van der Waals surface area contributed by atoms with Crippen LogP contribution in [0.1, 0.15) is 15.9 Å². The first-order valence-corrected chi connectivity index (χ1v) is 8.15. The maximum atomic E-state index is 12.4. The van der Waals surface area contributed by atoms with Crippen molar-refractivity contribution >= 4 is 56.7 Å². The van der Waals surface area contributed by atoms with Crippen molar-refractivity contribution in [2.75, 3.05) is 12.4 Å². The van der Waals surface area contributed by atoms with Crippen molar-refractivity contribution in [1.82, 2.24) is 0 Å².